The lowest BCUT2D eigenvalue weighted by Gasteiger charge is -2.14. The fraction of sp³-hybridized carbons (Fsp3) is 1.00. The van der Waals surface area contributed by atoms with E-state index in [0.717, 1.165) is 32.1 Å². The zero-order valence-corrected chi connectivity index (χ0v) is 24.5. The van der Waals surface area contributed by atoms with Gasteiger partial charge in [-0.05, 0) is 33.1 Å². The zero-order chi connectivity index (χ0) is 26.3. The van der Waals surface area contributed by atoms with Gasteiger partial charge in [-0.2, -0.15) is 0 Å². The summed E-state index contributed by atoms with van der Waals surface area (Å²) < 4.78 is 43.2. The molecule has 0 saturated heterocycles. The van der Waals surface area contributed by atoms with E-state index in [-0.39, 0.29) is 33.4 Å². The number of unbranched alkanes of at least 4 members (excludes halogenated alkanes) is 16. The molecular formula is C26H58O8P2. The van der Waals surface area contributed by atoms with Crippen LogP contribution in [0.1, 0.15) is 144 Å². The van der Waals surface area contributed by atoms with Gasteiger partial charge < -0.3 is 9.79 Å². The van der Waals surface area contributed by atoms with Crippen molar-refractivity contribution in [1.82, 2.24) is 0 Å². The van der Waals surface area contributed by atoms with Crippen LogP contribution in [0, 0.1) is 0 Å². The second kappa shape index (κ2) is 25.5. The first-order chi connectivity index (χ1) is 16.7. The van der Waals surface area contributed by atoms with E-state index in [1.54, 1.807) is 13.8 Å². The van der Waals surface area contributed by atoms with Crippen molar-refractivity contribution >= 4 is 15.6 Å². The van der Waals surface area contributed by atoms with E-state index in [1.165, 1.54) is 70.6 Å². The van der Waals surface area contributed by atoms with Gasteiger partial charge in [-0.15, -0.1) is 0 Å². The Morgan fingerprint density at radius 2 is 0.806 bits per heavy atom. The van der Waals surface area contributed by atoms with Gasteiger partial charge in [0.05, 0.1) is 25.9 Å². The molecule has 36 heavy (non-hydrogen) atoms. The maximum Gasteiger partial charge on any atom is 0.472 e. The number of phosphoric acid groups is 2. The molecule has 0 aromatic carbocycles. The van der Waals surface area contributed by atoms with Crippen molar-refractivity contribution in [3.05, 3.63) is 0 Å². The number of rotatable bonds is 27. The molecule has 0 aromatic rings. The summed E-state index contributed by atoms with van der Waals surface area (Å²) in [4.78, 5) is 19.2. The third-order valence-electron chi connectivity index (χ3n) is 5.64. The minimum Gasteiger partial charge on any atom is -0.302 e. The van der Waals surface area contributed by atoms with Crippen molar-refractivity contribution in [1.29, 1.82) is 0 Å². The van der Waals surface area contributed by atoms with Gasteiger partial charge in [-0.25, -0.2) is 9.13 Å². The predicted molar refractivity (Wildman–Crippen MR) is 149 cm³/mol. The van der Waals surface area contributed by atoms with Gasteiger partial charge in [0, 0.05) is 0 Å². The lowest BCUT2D eigenvalue weighted by atomic mass is 10.0. The predicted octanol–water partition coefficient (Wildman–Crippen LogP) is 9.34. The van der Waals surface area contributed by atoms with Gasteiger partial charge in [0.2, 0.25) is 0 Å². The van der Waals surface area contributed by atoms with Crippen molar-refractivity contribution in [3.8, 4) is 0 Å². The lowest BCUT2D eigenvalue weighted by molar-refractivity contribution is 0.118. The van der Waals surface area contributed by atoms with Gasteiger partial charge in [-0.3, -0.25) is 18.1 Å². The van der Waals surface area contributed by atoms with Crippen LogP contribution in [0.2, 0.25) is 0 Å². The molecule has 8 nitrogen and oxygen atoms in total. The van der Waals surface area contributed by atoms with Crippen molar-refractivity contribution in [2.45, 2.75) is 150 Å². The first-order valence-corrected chi connectivity index (χ1v) is 16.9. The third kappa shape index (κ3) is 28.8. The quantitative estimate of drug-likeness (QED) is 0.0755. The average Bonchev–Trinajstić information content (AvgIpc) is 2.77. The molecule has 220 valence electrons. The van der Waals surface area contributed by atoms with Crippen LogP contribution < -0.4 is 0 Å². The molecule has 0 radical (unpaired) electrons. The van der Waals surface area contributed by atoms with Crippen LogP contribution in [0.15, 0.2) is 0 Å². The Kier molecular flexibility index (Phi) is 27.2. The Morgan fingerprint density at radius 3 is 1.11 bits per heavy atom. The molecule has 2 N–H and O–H groups in total. The Balaban J connectivity index is 0. The summed E-state index contributed by atoms with van der Waals surface area (Å²) >= 11 is 0. The fourth-order valence-electron chi connectivity index (χ4n) is 3.73. The Morgan fingerprint density at radius 1 is 0.528 bits per heavy atom. The SMILES string of the molecule is C.CCCCCCCCCCCCCCCCOP(=O)(O)OCCCCCCOP(=O)(O)OC(C)C. The molecule has 10 heteroatoms. The highest BCUT2D eigenvalue weighted by molar-refractivity contribution is 7.47. The summed E-state index contributed by atoms with van der Waals surface area (Å²) in [5, 5.41) is 0. The normalized spacial score (nSPS) is 14.9. The highest BCUT2D eigenvalue weighted by atomic mass is 31.2. The first kappa shape index (κ1) is 38.4. The van der Waals surface area contributed by atoms with Gasteiger partial charge in [0.25, 0.3) is 0 Å². The standard InChI is InChI=1S/C25H54O8P2.CH4/c1-4-5-6-7-8-9-10-11-12-13-14-15-16-19-22-30-34(26,27)31-23-20-17-18-21-24-32-35(28,29)33-25(2)3;/h25H,4-24H2,1-3H3,(H,26,27)(H,28,29);1H4. The highest BCUT2D eigenvalue weighted by Gasteiger charge is 2.22. The lowest BCUT2D eigenvalue weighted by Crippen LogP contribution is -2.03. The number of hydrogen-bond acceptors (Lipinski definition) is 6. The molecule has 0 saturated carbocycles. The molecule has 0 rings (SSSR count). The van der Waals surface area contributed by atoms with Gasteiger partial charge in [0.1, 0.15) is 0 Å². The second-order valence-corrected chi connectivity index (χ2v) is 12.5. The van der Waals surface area contributed by atoms with Gasteiger partial charge >= 0.3 is 15.6 Å². The minimum absolute atomic E-state index is 0. The Labute approximate surface area is 222 Å². The van der Waals surface area contributed by atoms with E-state index in [4.69, 9.17) is 18.1 Å². The van der Waals surface area contributed by atoms with Crippen LogP contribution in [0.4, 0.5) is 0 Å². The largest absolute Gasteiger partial charge is 0.472 e. The Bertz CT molecular complexity index is 560. The minimum atomic E-state index is -3.99. The average molecular weight is 561 g/mol. The van der Waals surface area contributed by atoms with Crippen LogP contribution in [0.5, 0.6) is 0 Å². The van der Waals surface area contributed by atoms with Crippen molar-refractivity contribution in [2.75, 3.05) is 19.8 Å². The molecule has 0 aromatic heterocycles. The maximum absolute atomic E-state index is 11.9. The van der Waals surface area contributed by atoms with Crippen LogP contribution in [-0.2, 0) is 27.2 Å². The highest BCUT2D eigenvalue weighted by Crippen LogP contribution is 2.45. The molecule has 0 spiro atoms. The monoisotopic (exact) mass is 560 g/mol. The molecule has 0 aliphatic rings. The molecule has 2 unspecified atom stereocenters. The van der Waals surface area contributed by atoms with Crippen molar-refractivity contribution in [3.63, 3.8) is 0 Å². The van der Waals surface area contributed by atoms with E-state index in [9.17, 15) is 18.9 Å². The maximum atomic E-state index is 11.9. The molecule has 0 bridgehead atoms. The molecule has 0 aliphatic carbocycles. The summed E-state index contributed by atoms with van der Waals surface area (Å²) in [6.45, 7) is 6.09. The first-order valence-electron chi connectivity index (χ1n) is 14.0. The van der Waals surface area contributed by atoms with E-state index < -0.39 is 15.6 Å². The summed E-state index contributed by atoms with van der Waals surface area (Å²) in [5.74, 6) is 0. The van der Waals surface area contributed by atoms with E-state index in [2.05, 4.69) is 6.92 Å². The van der Waals surface area contributed by atoms with Crippen LogP contribution in [0.25, 0.3) is 0 Å². The Hall–Kier alpha value is 0.220. The van der Waals surface area contributed by atoms with Crippen molar-refractivity contribution in [2.24, 2.45) is 0 Å². The molecule has 0 fully saturated rings. The zero-order valence-electron chi connectivity index (χ0n) is 22.7. The summed E-state index contributed by atoms with van der Waals surface area (Å²) in [5.41, 5.74) is 0. The second-order valence-electron chi connectivity index (χ2n) is 9.60. The smallest absolute Gasteiger partial charge is 0.302 e. The van der Waals surface area contributed by atoms with Gasteiger partial charge in [-0.1, -0.05) is 111 Å². The van der Waals surface area contributed by atoms with E-state index in [1.807, 2.05) is 0 Å². The molecule has 0 aliphatic heterocycles. The van der Waals surface area contributed by atoms with Crippen LogP contribution >= 0.6 is 15.6 Å². The summed E-state index contributed by atoms with van der Waals surface area (Å²) in [7, 11) is -7.96. The van der Waals surface area contributed by atoms with E-state index >= 15 is 0 Å². The summed E-state index contributed by atoms with van der Waals surface area (Å²) in [6.07, 6.45) is 20.0. The van der Waals surface area contributed by atoms with Gasteiger partial charge in [0.15, 0.2) is 0 Å². The van der Waals surface area contributed by atoms with Crippen LogP contribution in [0.3, 0.4) is 0 Å². The molecule has 2 atom stereocenters. The van der Waals surface area contributed by atoms with Crippen molar-refractivity contribution < 1.29 is 37.0 Å². The fourth-order valence-corrected chi connectivity index (χ4v) is 5.48. The number of hydrogen-bond donors (Lipinski definition) is 2. The topological polar surface area (TPSA) is 112 Å². The summed E-state index contributed by atoms with van der Waals surface area (Å²) in [6, 6.07) is 0. The molecule has 0 amide bonds. The van der Waals surface area contributed by atoms with E-state index in [0.29, 0.717) is 12.8 Å². The molecular weight excluding hydrogens is 502 g/mol. The number of phosphoric ester groups is 2. The third-order valence-corrected chi connectivity index (χ3v) is 7.86. The molecule has 0 heterocycles. The van der Waals surface area contributed by atoms with Crippen LogP contribution in [-0.4, -0.2) is 35.7 Å².